The van der Waals surface area contributed by atoms with Crippen LogP contribution in [0.2, 0.25) is 0 Å². The van der Waals surface area contributed by atoms with Crippen LogP contribution < -0.4 is 37.2 Å². The Kier molecular flexibility index (Phi) is 17.5. The molecule has 7 heteroatoms. The van der Waals surface area contributed by atoms with Crippen LogP contribution in [0.5, 0.6) is 0 Å². The minimum absolute atomic E-state index is 0.562. The molecule has 1 rings (SSSR count). The van der Waals surface area contributed by atoms with Crippen molar-refractivity contribution in [3.8, 4) is 0 Å². The van der Waals surface area contributed by atoms with Gasteiger partial charge in [-0.15, -0.1) is 0 Å². The summed E-state index contributed by atoms with van der Waals surface area (Å²) in [4.78, 5) is 0. The Morgan fingerprint density at radius 3 is 1.70 bits per heavy atom. The smallest absolute Gasteiger partial charge is 0.0193 e. The molecule has 0 aliphatic carbocycles. The highest BCUT2D eigenvalue weighted by molar-refractivity contribution is 4.77. The topological polar surface area (TPSA) is 84.2 Å². The summed E-state index contributed by atoms with van der Waals surface area (Å²) in [6.45, 7) is 10.6. The second-order valence-electron chi connectivity index (χ2n) is 7.66. The van der Waals surface area contributed by atoms with Crippen molar-refractivity contribution in [1.82, 2.24) is 37.2 Å². The summed E-state index contributed by atoms with van der Waals surface area (Å²) >= 11 is 0. The van der Waals surface area contributed by atoms with Gasteiger partial charge in [-0.05, 0) is 52.9 Å². The zero-order valence-electron chi connectivity index (χ0n) is 18.0. The summed E-state index contributed by atoms with van der Waals surface area (Å²) in [6.07, 6.45) is 7.57. The van der Waals surface area contributed by atoms with Crippen LogP contribution >= 0.6 is 0 Å². The van der Waals surface area contributed by atoms with Crippen LogP contribution in [-0.4, -0.2) is 91.6 Å². The van der Waals surface area contributed by atoms with E-state index in [-0.39, 0.29) is 0 Å². The van der Waals surface area contributed by atoms with E-state index in [1.807, 2.05) is 14.1 Å². The first-order chi connectivity index (χ1) is 13.4. The van der Waals surface area contributed by atoms with Gasteiger partial charge in [0.1, 0.15) is 0 Å². The second-order valence-corrected chi connectivity index (χ2v) is 7.66. The predicted molar refractivity (Wildman–Crippen MR) is 118 cm³/mol. The van der Waals surface area contributed by atoms with Gasteiger partial charge in [-0.2, -0.15) is 0 Å². The summed E-state index contributed by atoms with van der Waals surface area (Å²) < 4.78 is 0. The van der Waals surface area contributed by atoms with Crippen LogP contribution in [0.1, 0.15) is 38.5 Å². The maximum atomic E-state index is 3.86. The first-order valence-corrected chi connectivity index (χ1v) is 11.2. The largest absolute Gasteiger partial charge is 0.320 e. The Hall–Kier alpha value is -0.280. The van der Waals surface area contributed by atoms with E-state index in [2.05, 4.69) is 37.2 Å². The maximum Gasteiger partial charge on any atom is 0.0193 e. The Morgan fingerprint density at radius 2 is 1.11 bits per heavy atom. The van der Waals surface area contributed by atoms with Crippen molar-refractivity contribution in [2.45, 2.75) is 50.6 Å². The van der Waals surface area contributed by atoms with Crippen molar-refractivity contribution in [2.24, 2.45) is 0 Å². The quantitative estimate of drug-likeness (QED) is 0.255. The number of hydrogen-bond donors (Lipinski definition) is 7. The molecule has 7 nitrogen and oxygen atoms in total. The molecule has 27 heavy (non-hydrogen) atoms. The van der Waals surface area contributed by atoms with Crippen molar-refractivity contribution in [3.05, 3.63) is 0 Å². The van der Waals surface area contributed by atoms with Crippen LogP contribution in [-0.2, 0) is 0 Å². The zero-order valence-corrected chi connectivity index (χ0v) is 18.0. The highest BCUT2D eigenvalue weighted by Gasteiger charge is 2.13. The SMILES string of the molecule is CNCCCC[C@@H]1CNCCNCCNCCN[C@@H](CCCCNC)CN1. The standard InChI is InChI=1S/C20H47N7/c1-21-9-5-3-7-19-17-25-14-13-23-11-12-24-15-16-26-20(18-27-19)8-4-6-10-22-2/h19-27H,3-18H2,1-2H3/t19-,20+/m1/s1. The molecular formula is C20H47N7. The maximum absolute atomic E-state index is 3.86. The van der Waals surface area contributed by atoms with E-state index in [0.717, 1.165) is 65.4 Å². The first-order valence-electron chi connectivity index (χ1n) is 11.2. The summed E-state index contributed by atoms with van der Waals surface area (Å²) in [5.41, 5.74) is 0. The zero-order chi connectivity index (χ0) is 19.4. The molecule has 0 radical (unpaired) electrons. The minimum atomic E-state index is 0.562. The molecule has 0 aromatic rings. The van der Waals surface area contributed by atoms with Crippen LogP contribution in [0.15, 0.2) is 0 Å². The minimum Gasteiger partial charge on any atom is -0.320 e. The molecule has 2 atom stereocenters. The summed E-state index contributed by atoms with van der Waals surface area (Å²) in [7, 11) is 4.08. The fraction of sp³-hybridized carbons (Fsp3) is 1.00. The molecular weight excluding hydrogens is 338 g/mol. The van der Waals surface area contributed by atoms with E-state index in [0.29, 0.717) is 12.1 Å². The average molecular weight is 386 g/mol. The molecule has 1 aliphatic heterocycles. The molecule has 0 bridgehead atoms. The summed E-state index contributed by atoms with van der Waals surface area (Å²) in [5, 5.41) is 24.8. The van der Waals surface area contributed by atoms with E-state index in [9.17, 15) is 0 Å². The Labute approximate surface area is 168 Å². The van der Waals surface area contributed by atoms with E-state index >= 15 is 0 Å². The normalized spacial score (nSPS) is 24.2. The number of rotatable bonds is 10. The Morgan fingerprint density at radius 1 is 0.593 bits per heavy atom. The number of hydrogen-bond acceptors (Lipinski definition) is 7. The van der Waals surface area contributed by atoms with Gasteiger partial charge in [-0.25, -0.2) is 0 Å². The molecule has 0 amide bonds. The number of unbranched alkanes of at least 4 members (excludes halogenated alkanes) is 2. The van der Waals surface area contributed by atoms with Crippen molar-refractivity contribution in [2.75, 3.05) is 79.5 Å². The number of nitrogens with one attached hydrogen (secondary N) is 7. The van der Waals surface area contributed by atoms with E-state index in [1.165, 1.54) is 38.5 Å². The van der Waals surface area contributed by atoms with Crippen LogP contribution in [0.25, 0.3) is 0 Å². The molecule has 162 valence electrons. The lowest BCUT2D eigenvalue weighted by molar-refractivity contribution is 0.376. The molecule has 1 aliphatic rings. The van der Waals surface area contributed by atoms with Crippen molar-refractivity contribution < 1.29 is 0 Å². The van der Waals surface area contributed by atoms with Crippen molar-refractivity contribution >= 4 is 0 Å². The van der Waals surface area contributed by atoms with Gasteiger partial charge in [-0.3, -0.25) is 0 Å². The molecule has 0 aromatic heterocycles. The van der Waals surface area contributed by atoms with Gasteiger partial charge in [0.25, 0.3) is 0 Å². The van der Waals surface area contributed by atoms with Crippen molar-refractivity contribution in [1.29, 1.82) is 0 Å². The van der Waals surface area contributed by atoms with Crippen molar-refractivity contribution in [3.63, 3.8) is 0 Å². The molecule has 7 N–H and O–H groups in total. The highest BCUT2D eigenvalue weighted by Crippen LogP contribution is 2.03. The average Bonchev–Trinajstić information content (AvgIpc) is 2.69. The highest BCUT2D eigenvalue weighted by atomic mass is 15.1. The third kappa shape index (κ3) is 15.3. The van der Waals surface area contributed by atoms with Gasteiger partial charge in [0, 0.05) is 64.4 Å². The molecule has 1 heterocycles. The van der Waals surface area contributed by atoms with Gasteiger partial charge >= 0.3 is 0 Å². The Balaban J connectivity index is 2.44. The van der Waals surface area contributed by atoms with Crippen LogP contribution in [0.3, 0.4) is 0 Å². The second kappa shape index (κ2) is 19.1. The van der Waals surface area contributed by atoms with Gasteiger partial charge in [-0.1, -0.05) is 12.8 Å². The predicted octanol–water partition coefficient (Wildman–Crippen LogP) is -0.535. The lowest BCUT2D eigenvalue weighted by Gasteiger charge is -2.25. The van der Waals surface area contributed by atoms with Crippen LogP contribution in [0.4, 0.5) is 0 Å². The van der Waals surface area contributed by atoms with E-state index in [4.69, 9.17) is 0 Å². The third-order valence-corrected chi connectivity index (χ3v) is 5.19. The monoisotopic (exact) mass is 385 g/mol. The molecule has 0 saturated carbocycles. The van der Waals surface area contributed by atoms with Gasteiger partial charge < -0.3 is 37.2 Å². The van der Waals surface area contributed by atoms with E-state index < -0.39 is 0 Å². The molecule has 0 unspecified atom stereocenters. The molecule has 0 spiro atoms. The third-order valence-electron chi connectivity index (χ3n) is 5.19. The van der Waals surface area contributed by atoms with Gasteiger partial charge in [0.15, 0.2) is 0 Å². The fourth-order valence-electron chi connectivity index (χ4n) is 3.49. The summed E-state index contributed by atoms with van der Waals surface area (Å²) in [6, 6.07) is 1.12. The van der Waals surface area contributed by atoms with E-state index in [1.54, 1.807) is 0 Å². The Bertz CT molecular complexity index is 276. The summed E-state index contributed by atoms with van der Waals surface area (Å²) in [5.74, 6) is 0. The lowest BCUT2D eigenvalue weighted by Crippen LogP contribution is -2.47. The lowest BCUT2D eigenvalue weighted by atomic mass is 10.1. The molecule has 1 saturated heterocycles. The first kappa shape index (κ1) is 24.8. The van der Waals surface area contributed by atoms with Crippen LogP contribution in [0, 0.1) is 0 Å². The molecule has 0 aromatic carbocycles. The molecule has 1 fully saturated rings. The fourth-order valence-corrected chi connectivity index (χ4v) is 3.49. The van der Waals surface area contributed by atoms with Gasteiger partial charge in [0.05, 0.1) is 0 Å². The van der Waals surface area contributed by atoms with Gasteiger partial charge in [0.2, 0.25) is 0 Å².